The molecule has 0 bridgehead atoms. The van der Waals surface area contributed by atoms with Gasteiger partial charge < -0.3 is 15.1 Å². The van der Waals surface area contributed by atoms with Crippen LogP contribution >= 0.6 is 0 Å². The van der Waals surface area contributed by atoms with Gasteiger partial charge in [-0.2, -0.15) is 0 Å². The smallest absolute Gasteiger partial charge is 0.316 e. The predicted octanol–water partition coefficient (Wildman–Crippen LogP) is 2.91. The molecule has 0 saturated carbocycles. The molecule has 102 valence electrons. The standard InChI is InChI=1S/C14H20N4O/c1-4-12(11-8-6-5-7-9-11)16-14-18-17-13(19-14)10(2)15-3/h5-10,12,15H,4H2,1-3H3,(H,16,18). The van der Waals surface area contributed by atoms with E-state index in [0.29, 0.717) is 11.9 Å². The average Bonchev–Trinajstić information content (AvgIpc) is 2.93. The highest BCUT2D eigenvalue weighted by molar-refractivity contribution is 5.29. The van der Waals surface area contributed by atoms with E-state index < -0.39 is 0 Å². The summed E-state index contributed by atoms with van der Waals surface area (Å²) in [6, 6.07) is 11.0. The summed E-state index contributed by atoms with van der Waals surface area (Å²) >= 11 is 0. The van der Waals surface area contributed by atoms with Gasteiger partial charge in [-0.3, -0.25) is 0 Å². The van der Waals surface area contributed by atoms with Crippen LogP contribution in [0.4, 0.5) is 6.01 Å². The predicted molar refractivity (Wildman–Crippen MR) is 74.9 cm³/mol. The van der Waals surface area contributed by atoms with Gasteiger partial charge in [-0.25, -0.2) is 0 Å². The zero-order valence-corrected chi connectivity index (χ0v) is 11.6. The van der Waals surface area contributed by atoms with Crippen molar-refractivity contribution in [2.24, 2.45) is 0 Å². The van der Waals surface area contributed by atoms with Crippen molar-refractivity contribution in [3.8, 4) is 0 Å². The van der Waals surface area contributed by atoms with E-state index in [9.17, 15) is 0 Å². The van der Waals surface area contributed by atoms with Crippen molar-refractivity contribution < 1.29 is 4.42 Å². The normalized spacial score (nSPS) is 14.1. The molecule has 0 saturated heterocycles. The topological polar surface area (TPSA) is 63.0 Å². The molecule has 2 unspecified atom stereocenters. The van der Waals surface area contributed by atoms with Crippen LogP contribution in [-0.4, -0.2) is 17.2 Å². The zero-order valence-electron chi connectivity index (χ0n) is 11.6. The Balaban J connectivity index is 2.09. The molecule has 0 amide bonds. The lowest BCUT2D eigenvalue weighted by Crippen LogP contribution is -2.12. The summed E-state index contributed by atoms with van der Waals surface area (Å²) in [5.74, 6) is 0.591. The lowest BCUT2D eigenvalue weighted by Gasteiger charge is -2.15. The van der Waals surface area contributed by atoms with Gasteiger partial charge in [-0.15, -0.1) is 5.10 Å². The Bertz CT molecular complexity index is 497. The molecule has 0 aliphatic heterocycles. The molecule has 0 aliphatic carbocycles. The van der Waals surface area contributed by atoms with Crippen molar-refractivity contribution in [3.63, 3.8) is 0 Å². The average molecular weight is 260 g/mol. The molecule has 0 aliphatic rings. The number of aromatic nitrogens is 2. The molecule has 2 N–H and O–H groups in total. The lowest BCUT2D eigenvalue weighted by molar-refractivity contribution is 0.438. The first kappa shape index (κ1) is 13.5. The molecular weight excluding hydrogens is 240 g/mol. The Labute approximate surface area is 113 Å². The van der Waals surface area contributed by atoms with Crippen LogP contribution < -0.4 is 10.6 Å². The van der Waals surface area contributed by atoms with Gasteiger partial charge in [0.15, 0.2) is 0 Å². The number of rotatable bonds is 6. The molecule has 1 heterocycles. The molecular formula is C14H20N4O. The second-order valence-corrected chi connectivity index (χ2v) is 4.47. The summed E-state index contributed by atoms with van der Waals surface area (Å²) in [5.41, 5.74) is 1.21. The number of anilines is 1. The van der Waals surface area contributed by atoms with Crippen molar-refractivity contribution in [2.75, 3.05) is 12.4 Å². The van der Waals surface area contributed by atoms with Crippen LogP contribution in [-0.2, 0) is 0 Å². The highest BCUT2D eigenvalue weighted by Crippen LogP contribution is 2.22. The molecule has 2 rings (SSSR count). The van der Waals surface area contributed by atoms with Gasteiger partial charge in [-0.1, -0.05) is 42.4 Å². The molecule has 1 aromatic carbocycles. The van der Waals surface area contributed by atoms with Crippen molar-refractivity contribution >= 4 is 6.01 Å². The third-order valence-electron chi connectivity index (χ3n) is 3.15. The van der Waals surface area contributed by atoms with Crippen molar-refractivity contribution in [1.29, 1.82) is 0 Å². The number of hydrogen-bond donors (Lipinski definition) is 2. The van der Waals surface area contributed by atoms with E-state index >= 15 is 0 Å². The third-order valence-corrected chi connectivity index (χ3v) is 3.15. The zero-order chi connectivity index (χ0) is 13.7. The Morgan fingerprint density at radius 1 is 1.21 bits per heavy atom. The summed E-state index contributed by atoms with van der Waals surface area (Å²) in [6.45, 7) is 4.10. The lowest BCUT2D eigenvalue weighted by atomic mass is 10.1. The number of benzene rings is 1. The molecule has 0 radical (unpaired) electrons. The maximum atomic E-state index is 5.59. The second-order valence-electron chi connectivity index (χ2n) is 4.47. The quantitative estimate of drug-likeness (QED) is 0.836. The summed E-state index contributed by atoms with van der Waals surface area (Å²) in [4.78, 5) is 0. The molecule has 19 heavy (non-hydrogen) atoms. The Morgan fingerprint density at radius 2 is 1.95 bits per heavy atom. The Kier molecular flexibility index (Phi) is 4.52. The maximum absolute atomic E-state index is 5.59. The highest BCUT2D eigenvalue weighted by Gasteiger charge is 2.15. The van der Waals surface area contributed by atoms with Crippen LogP contribution in [0.25, 0.3) is 0 Å². The minimum atomic E-state index is 0.0554. The van der Waals surface area contributed by atoms with Crippen LogP contribution in [0.5, 0.6) is 0 Å². The molecule has 5 heteroatoms. The number of nitrogens with zero attached hydrogens (tertiary/aromatic N) is 2. The first-order valence-corrected chi connectivity index (χ1v) is 6.56. The first-order chi connectivity index (χ1) is 9.24. The van der Waals surface area contributed by atoms with Crippen LogP contribution in [0.2, 0.25) is 0 Å². The van der Waals surface area contributed by atoms with Gasteiger partial charge in [0.1, 0.15) is 0 Å². The van der Waals surface area contributed by atoms with E-state index in [2.05, 4.69) is 39.9 Å². The number of hydrogen-bond acceptors (Lipinski definition) is 5. The SMILES string of the molecule is CCC(Nc1nnc(C(C)NC)o1)c1ccccc1. The highest BCUT2D eigenvalue weighted by atomic mass is 16.4. The molecule has 0 fully saturated rings. The molecule has 0 spiro atoms. The first-order valence-electron chi connectivity index (χ1n) is 6.56. The summed E-state index contributed by atoms with van der Waals surface area (Å²) in [5, 5.41) is 14.4. The molecule has 5 nitrogen and oxygen atoms in total. The van der Waals surface area contributed by atoms with E-state index in [1.54, 1.807) is 0 Å². The Morgan fingerprint density at radius 3 is 2.58 bits per heavy atom. The van der Waals surface area contributed by atoms with Crippen LogP contribution in [0, 0.1) is 0 Å². The summed E-state index contributed by atoms with van der Waals surface area (Å²) in [7, 11) is 1.86. The van der Waals surface area contributed by atoms with Gasteiger partial charge in [-0.05, 0) is 26.0 Å². The minimum Gasteiger partial charge on any atom is -0.406 e. The van der Waals surface area contributed by atoms with Gasteiger partial charge in [0.05, 0.1) is 12.1 Å². The monoisotopic (exact) mass is 260 g/mol. The Hall–Kier alpha value is -1.88. The minimum absolute atomic E-state index is 0.0554. The van der Waals surface area contributed by atoms with Crippen molar-refractivity contribution in [3.05, 3.63) is 41.8 Å². The summed E-state index contributed by atoms with van der Waals surface area (Å²) < 4.78 is 5.59. The van der Waals surface area contributed by atoms with Crippen LogP contribution in [0.3, 0.4) is 0 Å². The second kappa shape index (κ2) is 6.33. The van der Waals surface area contributed by atoms with Gasteiger partial charge in [0, 0.05) is 0 Å². The van der Waals surface area contributed by atoms with Crippen molar-refractivity contribution in [2.45, 2.75) is 32.4 Å². The fourth-order valence-corrected chi connectivity index (χ4v) is 1.85. The summed E-state index contributed by atoms with van der Waals surface area (Å²) in [6.07, 6.45) is 0.948. The van der Waals surface area contributed by atoms with Crippen molar-refractivity contribution in [1.82, 2.24) is 15.5 Å². The van der Waals surface area contributed by atoms with Gasteiger partial charge in [0.2, 0.25) is 5.89 Å². The fourth-order valence-electron chi connectivity index (χ4n) is 1.85. The van der Waals surface area contributed by atoms with E-state index in [-0.39, 0.29) is 12.1 Å². The molecule has 2 aromatic rings. The van der Waals surface area contributed by atoms with Crippen LogP contribution in [0.15, 0.2) is 34.7 Å². The van der Waals surface area contributed by atoms with E-state index in [4.69, 9.17) is 4.42 Å². The van der Waals surface area contributed by atoms with Gasteiger partial charge >= 0.3 is 6.01 Å². The third kappa shape index (κ3) is 3.32. The largest absolute Gasteiger partial charge is 0.406 e. The molecule has 2 atom stereocenters. The van der Waals surface area contributed by atoms with Crippen LogP contribution in [0.1, 0.15) is 43.8 Å². The molecule has 1 aromatic heterocycles. The maximum Gasteiger partial charge on any atom is 0.316 e. The van der Waals surface area contributed by atoms with Gasteiger partial charge in [0.25, 0.3) is 0 Å². The number of nitrogens with one attached hydrogen (secondary N) is 2. The van der Waals surface area contributed by atoms with E-state index in [1.165, 1.54) is 5.56 Å². The fraction of sp³-hybridized carbons (Fsp3) is 0.429. The van der Waals surface area contributed by atoms with E-state index in [0.717, 1.165) is 6.42 Å². The van der Waals surface area contributed by atoms with E-state index in [1.807, 2.05) is 32.2 Å².